The van der Waals surface area contributed by atoms with Gasteiger partial charge < -0.3 is 38.4 Å². The number of H-pyrrole nitrogens is 2. The molecule has 0 saturated heterocycles. The Labute approximate surface area is 416 Å². The highest BCUT2D eigenvalue weighted by molar-refractivity contribution is 6.09. The average molecular weight is 961 g/mol. The molecule has 3 aromatic heterocycles. The van der Waals surface area contributed by atoms with E-state index in [9.17, 15) is 0 Å². The molecule has 9 rings (SSSR count). The Hall–Kier alpha value is -6.16. The first-order valence-electron chi connectivity index (χ1n) is 24.5. The summed E-state index contributed by atoms with van der Waals surface area (Å²) < 4.78 is 37.3. The second kappa shape index (κ2) is 18.8. The maximum absolute atomic E-state index is 6.73. The van der Waals surface area contributed by atoms with Crippen molar-refractivity contribution >= 4 is 44.1 Å². The molecule has 14 nitrogen and oxygen atoms in total. The normalized spacial score (nSPS) is 13.3. The summed E-state index contributed by atoms with van der Waals surface area (Å²) >= 11 is 0. The van der Waals surface area contributed by atoms with Crippen LogP contribution in [0.25, 0.3) is 89.7 Å². The van der Waals surface area contributed by atoms with Crippen LogP contribution >= 0.6 is 0 Å². The maximum atomic E-state index is 6.73. The molecule has 0 saturated carbocycles. The number of aromatic nitrogens is 8. The lowest BCUT2D eigenvalue weighted by Crippen LogP contribution is -2.29. The Morgan fingerprint density at radius 2 is 0.845 bits per heavy atom. The van der Waals surface area contributed by atoms with Crippen LogP contribution in [0.3, 0.4) is 0 Å². The highest BCUT2D eigenvalue weighted by Crippen LogP contribution is 2.45. The van der Waals surface area contributed by atoms with Gasteiger partial charge in [0.05, 0.1) is 53.2 Å². The van der Waals surface area contributed by atoms with Gasteiger partial charge in [0.25, 0.3) is 0 Å². The second-order valence-electron chi connectivity index (χ2n) is 21.4. The third-order valence-electron chi connectivity index (χ3n) is 14.4. The van der Waals surface area contributed by atoms with Crippen LogP contribution in [0.15, 0.2) is 72.8 Å². The van der Waals surface area contributed by atoms with E-state index in [1.165, 1.54) is 0 Å². The number of benzene rings is 4. The largest absolute Gasteiger partial charge is 0.493 e. The van der Waals surface area contributed by atoms with Gasteiger partial charge in [-0.2, -0.15) is 0 Å². The van der Waals surface area contributed by atoms with Gasteiger partial charge in [0.2, 0.25) is 0 Å². The number of hydrogen-bond acceptors (Lipinski definition) is 12. The molecular weight excluding hydrogens is 893 g/mol. The first-order chi connectivity index (χ1) is 33.6. The van der Waals surface area contributed by atoms with Crippen molar-refractivity contribution < 1.29 is 28.4 Å². The number of nitrogens with one attached hydrogen (secondary N) is 2. The lowest BCUT2D eigenvalue weighted by molar-refractivity contribution is -0.0612. The van der Waals surface area contributed by atoms with Gasteiger partial charge in [-0.05, 0) is 112 Å². The highest BCUT2D eigenvalue weighted by Gasteiger charge is 2.34. The van der Waals surface area contributed by atoms with Crippen molar-refractivity contribution in [1.29, 1.82) is 0 Å². The van der Waals surface area contributed by atoms with Gasteiger partial charge in [-0.1, -0.05) is 66.7 Å². The van der Waals surface area contributed by atoms with Crippen LogP contribution in [0, 0.1) is 6.92 Å². The van der Waals surface area contributed by atoms with Gasteiger partial charge in [0.1, 0.15) is 28.3 Å². The fourth-order valence-electron chi connectivity index (χ4n) is 9.22. The number of methoxy groups -OCH3 is 3. The van der Waals surface area contributed by atoms with E-state index in [1.54, 1.807) is 21.3 Å². The Balaban J connectivity index is 1.35. The average Bonchev–Trinajstić information content (AvgIpc) is 4.07. The Morgan fingerprint density at radius 1 is 0.437 bits per heavy atom. The lowest BCUT2D eigenvalue weighted by atomic mass is 9.90. The minimum Gasteiger partial charge on any atom is -0.493 e. The summed E-state index contributed by atoms with van der Waals surface area (Å²) in [5.74, 6) is 2.60. The van der Waals surface area contributed by atoms with E-state index < -0.39 is 11.2 Å². The number of nitrogens with zero attached hydrogens (tertiary/aromatic N) is 6. The van der Waals surface area contributed by atoms with Crippen LogP contribution in [0.2, 0.25) is 0 Å². The number of aryl methyl sites for hydroxylation is 1. The number of aromatic amines is 2. The quantitative estimate of drug-likeness (QED) is 0.0889. The third kappa shape index (κ3) is 9.80. The molecule has 2 aliphatic heterocycles. The van der Waals surface area contributed by atoms with Gasteiger partial charge >= 0.3 is 0 Å². The molecular formula is C57H68N8O6. The van der Waals surface area contributed by atoms with Crippen LogP contribution < -0.4 is 4.74 Å². The molecule has 0 spiro atoms. The van der Waals surface area contributed by atoms with E-state index in [2.05, 4.69) is 116 Å². The van der Waals surface area contributed by atoms with Crippen molar-refractivity contribution in [3.8, 4) is 51.3 Å². The van der Waals surface area contributed by atoms with Crippen molar-refractivity contribution in [2.75, 3.05) is 41.2 Å². The van der Waals surface area contributed by atoms with Gasteiger partial charge in [-0.15, -0.1) is 0 Å². The zero-order valence-corrected chi connectivity index (χ0v) is 43.8. The summed E-state index contributed by atoms with van der Waals surface area (Å²) in [6, 6.07) is 24.5. The van der Waals surface area contributed by atoms with Crippen LogP contribution in [-0.4, -0.2) is 97.8 Å². The second-order valence-corrected chi connectivity index (χ2v) is 21.4. The zero-order chi connectivity index (χ0) is 50.7. The molecule has 14 heteroatoms. The molecule has 4 aromatic carbocycles. The molecule has 0 amide bonds. The predicted molar refractivity (Wildman–Crippen MR) is 281 cm³/mol. The van der Waals surface area contributed by atoms with E-state index in [-0.39, 0.29) is 16.8 Å². The molecule has 5 heterocycles. The summed E-state index contributed by atoms with van der Waals surface area (Å²) in [5.41, 5.74) is 5.89. The third-order valence-corrected chi connectivity index (χ3v) is 14.4. The number of ether oxygens (including phenoxy) is 6. The highest BCUT2D eigenvalue weighted by atomic mass is 16.5. The molecule has 0 aliphatic carbocycles. The minimum atomic E-state index is -0.752. The first-order valence-corrected chi connectivity index (χ1v) is 24.5. The minimum absolute atomic E-state index is 0.347. The standard InChI is InChI=1S/C57H68N8O6/c1-33-19-15-20-34-41(33)49-58-45(34)60-50-43-36(22-17-25-39(43)57(10,11)71-32-29-55(6,7)68-14)47(62-50)64-52-44-37(23-18-26-40(44)69-30-27-53(2,3)66-12)48(65-52)63-51-42-35(46(59-49)61-51)21-16-24-38(42)56(8,9)70-31-28-54(4,5)67-13/h15-26H,27-32H2,1-14H3,(H2,58,59,60,61,62,63,64,65). The summed E-state index contributed by atoms with van der Waals surface area (Å²) in [4.78, 5) is 39.5. The van der Waals surface area contributed by atoms with Crippen LogP contribution in [-0.2, 0) is 34.9 Å². The molecule has 2 aliphatic rings. The molecule has 372 valence electrons. The van der Waals surface area contributed by atoms with Crippen molar-refractivity contribution in [1.82, 2.24) is 39.9 Å². The Bertz CT molecular complexity index is 3290. The maximum Gasteiger partial charge on any atom is 0.165 e. The molecule has 8 bridgehead atoms. The van der Waals surface area contributed by atoms with Gasteiger partial charge in [0.15, 0.2) is 23.3 Å². The number of fused-ring (bicyclic) bond motifs is 20. The van der Waals surface area contributed by atoms with Crippen LogP contribution in [0.5, 0.6) is 5.75 Å². The van der Waals surface area contributed by atoms with Crippen molar-refractivity contribution in [2.24, 2.45) is 0 Å². The van der Waals surface area contributed by atoms with Crippen LogP contribution in [0.1, 0.15) is 105 Å². The molecule has 0 unspecified atom stereocenters. The predicted octanol–water partition coefficient (Wildman–Crippen LogP) is 12.5. The van der Waals surface area contributed by atoms with Crippen LogP contribution in [0.4, 0.5) is 0 Å². The molecule has 71 heavy (non-hydrogen) atoms. The zero-order valence-electron chi connectivity index (χ0n) is 43.8. The topological polar surface area (TPSA) is 164 Å². The number of hydrogen-bond donors (Lipinski definition) is 2. The van der Waals surface area contributed by atoms with Gasteiger partial charge in [-0.25, -0.2) is 29.9 Å². The summed E-state index contributed by atoms with van der Waals surface area (Å²) in [5, 5.41) is 3.37. The fraction of sp³-hybridized carbons (Fsp3) is 0.439. The van der Waals surface area contributed by atoms with E-state index in [4.69, 9.17) is 58.3 Å². The SMILES string of the molecule is COC(C)(C)CCOc1cccc2c3nc4nc(nc5[nH]c(nc6nc(nc([nH]3)c12)-c1cccc(C(C)(C)OCCC(C)(C)OC)c1-6)c1cccc(C)c51)-c1cccc(C(C)(C)OCCC(C)(C)OC)c1-4. The Kier molecular flexibility index (Phi) is 13.2. The molecule has 2 N–H and O–H groups in total. The number of rotatable bonds is 17. The molecule has 0 radical (unpaired) electrons. The van der Waals surface area contributed by atoms with Crippen molar-refractivity contribution in [3.05, 3.63) is 89.5 Å². The van der Waals surface area contributed by atoms with E-state index >= 15 is 0 Å². The smallest absolute Gasteiger partial charge is 0.165 e. The molecule has 0 atom stereocenters. The van der Waals surface area contributed by atoms with E-state index in [1.807, 2.05) is 42.5 Å². The first kappa shape index (κ1) is 49.8. The summed E-state index contributed by atoms with van der Waals surface area (Å²) in [6.07, 6.45) is 2.07. The Morgan fingerprint density at radius 3 is 1.32 bits per heavy atom. The molecule has 0 fully saturated rings. The van der Waals surface area contributed by atoms with Crippen molar-refractivity contribution in [2.45, 2.75) is 123 Å². The fourth-order valence-corrected chi connectivity index (χ4v) is 9.22. The van der Waals surface area contributed by atoms with Gasteiger partial charge in [0, 0.05) is 66.2 Å². The molecule has 7 aromatic rings. The van der Waals surface area contributed by atoms with E-state index in [0.29, 0.717) is 90.7 Å². The lowest BCUT2D eigenvalue weighted by Gasteiger charge is -2.30. The summed E-state index contributed by atoms with van der Waals surface area (Å²) in [6.45, 7) is 24.1. The summed E-state index contributed by atoms with van der Waals surface area (Å²) in [7, 11) is 5.18. The van der Waals surface area contributed by atoms with E-state index in [0.717, 1.165) is 60.5 Å². The van der Waals surface area contributed by atoms with Gasteiger partial charge in [-0.3, -0.25) is 0 Å². The monoisotopic (exact) mass is 961 g/mol. The van der Waals surface area contributed by atoms with Crippen molar-refractivity contribution in [3.63, 3.8) is 0 Å².